The van der Waals surface area contributed by atoms with E-state index in [1.807, 2.05) is 0 Å². The summed E-state index contributed by atoms with van der Waals surface area (Å²) in [5, 5.41) is 0. The molecule has 8 heavy (non-hydrogen) atoms. The van der Waals surface area contributed by atoms with Crippen LogP contribution < -0.4 is 0 Å². The van der Waals surface area contributed by atoms with Gasteiger partial charge in [-0.25, -0.2) is 0 Å². The Kier molecular flexibility index (Phi) is 2.16. The zero-order valence-corrected chi connectivity index (χ0v) is 8.13. The van der Waals surface area contributed by atoms with Crippen molar-refractivity contribution in [1.82, 2.24) is 0 Å². The fourth-order valence-electron chi connectivity index (χ4n) is 0. The lowest BCUT2D eigenvalue weighted by Gasteiger charge is -2.30. The lowest BCUT2D eigenvalue weighted by Crippen LogP contribution is -2.42. The topological polar surface area (TPSA) is 0 Å². The van der Waals surface area contributed by atoms with Crippen LogP contribution in [0.15, 0.2) is 0 Å². The largest absolute Gasteiger partial charge is 0.124 e. The van der Waals surface area contributed by atoms with Crippen LogP contribution in [-0.4, -0.2) is 12.6 Å². The first-order chi connectivity index (χ1) is 3.25. The van der Waals surface area contributed by atoms with Crippen molar-refractivity contribution < 1.29 is 0 Å². The summed E-state index contributed by atoms with van der Waals surface area (Å²) in [6, 6.07) is 0. The standard InChI is InChI=1S/C6H15ClSi/c1-6(2,7)8(3,4)5/h1-5H3. The van der Waals surface area contributed by atoms with Gasteiger partial charge in [-0.2, -0.15) is 0 Å². The third-order valence-corrected chi connectivity index (χ3v) is 7.05. The molecule has 0 unspecified atom stereocenters. The first-order valence-corrected chi connectivity index (χ1v) is 6.82. The van der Waals surface area contributed by atoms with Crippen LogP contribution in [0.1, 0.15) is 13.8 Å². The smallest absolute Gasteiger partial charge is 0.0680 e. The summed E-state index contributed by atoms with van der Waals surface area (Å²) in [6.45, 7) is 11.0. The van der Waals surface area contributed by atoms with E-state index >= 15 is 0 Å². The second-order valence-electron chi connectivity index (χ2n) is 3.72. The molecule has 0 nitrogen and oxygen atoms in total. The van der Waals surface area contributed by atoms with Crippen LogP contribution in [0.4, 0.5) is 0 Å². The molecule has 0 aliphatic heterocycles. The summed E-state index contributed by atoms with van der Waals surface area (Å²) in [5.74, 6) is 0. The molecule has 0 aromatic carbocycles. The van der Waals surface area contributed by atoms with Crippen LogP contribution in [0.3, 0.4) is 0 Å². The second-order valence-corrected chi connectivity index (χ2v) is 10.7. The minimum atomic E-state index is -1.09. The first-order valence-electron chi connectivity index (χ1n) is 2.94. The molecule has 0 spiro atoms. The highest BCUT2D eigenvalue weighted by molar-refractivity contribution is 6.85. The van der Waals surface area contributed by atoms with Crippen molar-refractivity contribution in [3.63, 3.8) is 0 Å². The fourth-order valence-corrected chi connectivity index (χ4v) is 0. The maximum absolute atomic E-state index is 6.07. The van der Waals surface area contributed by atoms with Gasteiger partial charge in [0.25, 0.3) is 0 Å². The summed E-state index contributed by atoms with van der Waals surface area (Å²) in [7, 11) is -1.09. The lowest BCUT2D eigenvalue weighted by molar-refractivity contribution is 0.934. The Balaban J connectivity index is 4.02. The molecular weight excluding hydrogens is 136 g/mol. The first kappa shape index (κ1) is 8.51. The van der Waals surface area contributed by atoms with Gasteiger partial charge >= 0.3 is 0 Å². The molecule has 0 saturated carbocycles. The maximum Gasteiger partial charge on any atom is 0.0680 e. The van der Waals surface area contributed by atoms with Gasteiger partial charge in [-0.3, -0.25) is 0 Å². The van der Waals surface area contributed by atoms with Gasteiger partial charge in [0.05, 0.1) is 8.07 Å². The molecule has 0 rings (SSSR count). The van der Waals surface area contributed by atoms with Crippen LogP contribution >= 0.6 is 11.6 Å². The van der Waals surface area contributed by atoms with Crippen molar-refractivity contribution in [3.8, 4) is 0 Å². The Hall–Kier alpha value is 0.507. The van der Waals surface area contributed by atoms with Gasteiger partial charge in [-0.15, -0.1) is 11.6 Å². The van der Waals surface area contributed by atoms with Crippen LogP contribution in [0.2, 0.25) is 19.6 Å². The Morgan fingerprint density at radius 2 is 1.25 bits per heavy atom. The molecular formula is C6H15ClSi. The highest BCUT2D eigenvalue weighted by atomic mass is 35.5. The van der Waals surface area contributed by atoms with Gasteiger partial charge < -0.3 is 0 Å². The van der Waals surface area contributed by atoms with E-state index in [-0.39, 0.29) is 4.50 Å². The van der Waals surface area contributed by atoms with Crippen LogP contribution in [0.25, 0.3) is 0 Å². The molecule has 0 aliphatic carbocycles. The van der Waals surface area contributed by atoms with Gasteiger partial charge in [-0.05, 0) is 13.8 Å². The van der Waals surface area contributed by atoms with E-state index in [2.05, 4.69) is 33.5 Å². The van der Waals surface area contributed by atoms with Gasteiger partial charge in [-0.1, -0.05) is 19.6 Å². The zero-order valence-electron chi connectivity index (χ0n) is 6.38. The summed E-state index contributed by atoms with van der Waals surface area (Å²) >= 11 is 6.07. The van der Waals surface area contributed by atoms with E-state index in [1.165, 1.54) is 0 Å². The molecule has 0 aliphatic rings. The third-order valence-electron chi connectivity index (χ3n) is 1.78. The van der Waals surface area contributed by atoms with Gasteiger partial charge in [0, 0.05) is 4.50 Å². The van der Waals surface area contributed by atoms with E-state index in [1.54, 1.807) is 0 Å². The molecule has 0 fully saturated rings. The van der Waals surface area contributed by atoms with Crippen molar-refractivity contribution in [2.75, 3.05) is 0 Å². The minimum Gasteiger partial charge on any atom is -0.124 e. The van der Waals surface area contributed by atoms with E-state index in [0.717, 1.165) is 0 Å². The molecule has 0 N–H and O–H groups in total. The normalized spacial score (nSPS) is 14.2. The summed E-state index contributed by atoms with van der Waals surface area (Å²) in [6.07, 6.45) is 0. The number of hydrogen-bond acceptors (Lipinski definition) is 0. The average molecular weight is 151 g/mol. The quantitative estimate of drug-likeness (QED) is 0.399. The van der Waals surface area contributed by atoms with E-state index in [9.17, 15) is 0 Å². The van der Waals surface area contributed by atoms with Gasteiger partial charge in [0.1, 0.15) is 0 Å². The molecule has 2 heteroatoms. The predicted molar refractivity (Wildman–Crippen MR) is 43.3 cm³/mol. The molecule has 0 atom stereocenters. The van der Waals surface area contributed by atoms with E-state index in [4.69, 9.17) is 11.6 Å². The Morgan fingerprint density at radius 3 is 1.25 bits per heavy atom. The molecule has 0 saturated heterocycles. The number of rotatable bonds is 1. The Labute approximate surface area is 58.2 Å². The van der Waals surface area contributed by atoms with E-state index < -0.39 is 8.07 Å². The second kappa shape index (κ2) is 2.03. The molecule has 0 bridgehead atoms. The van der Waals surface area contributed by atoms with Crippen molar-refractivity contribution in [3.05, 3.63) is 0 Å². The monoisotopic (exact) mass is 150 g/mol. The number of hydrogen-bond donors (Lipinski definition) is 0. The summed E-state index contributed by atoms with van der Waals surface area (Å²) in [4.78, 5) is 0. The molecule has 0 heterocycles. The predicted octanol–water partition coefficient (Wildman–Crippen LogP) is 2.88. The zero-order chi connectivity index (χ0) is 7.00. The summed E-state index contributed by atoms with van der Waals surface area (Å²) < 4.78 is 0.0486. The molecule has 0 aromatic rings. The SMILES string of the molecule is CC(C)(Cl)[Si](C)(C)C. The van der Waals surface area contributed by atoms with Crippen molar-refractivity contribution in [1.29, 1.82) is 0 Å². The van der Waals surface area contributed by atoms with Crippen LogP contribution in [0.5, 0.6) is 0 Å². The molecule has 0 amide bonds. The van der Waals surface area contributed by atoms with Crippen molar-refractivity contribution in [2.45, 2.75) is 38.0 Å². The number of alkyl halides is 1. The fraction of sp³-hybridized carbons (Fsp3) is 1.00. The minimum absolute atomic E-state index is 0.0486. The average Bonchev–Trinajstić information content (AvgIpc) is 1.25. The maximum atomic E-state index is 6.07. The van der Waals surface area contributed by atoms with Gasteiger partial charge in [0.15, 0.2) is 0 Å². The molecule has 50 valence electrons. The van der Waals surface area contributed by atoms with Gasteiger partial charge in [0.2, 0.25) is 0 Å². The van der Waals surface area contributed by atoms with Crippen molar-refractivity contribution >= 4 is 19.7 Å². The third kappa shape index (κ3) is 2.18. The van der Waals surface area contributed by atoms with E-state index in [0.29, 0.717) is 0 Å². The summed E-state index contributed by atoms with van der Waals surface area (Å²) in [5.41, 5.74) is 0. The van der Waals surface area contributed by atoms with Crippen LogP contribution in [0, 0.1) is 0 Å². The van der Waals surface area contributed by atoms with Crippen molar-refractivity contribution in [2.24, 2.45) is 0 Å². The Morgan fingerprint density at radius 1 is 1.12 bits per heavy atom. The number of halogens is 1. The Bertz CT molecular complexity index is 63.5. The van der Waals surface area contributed by atoms with Crippen LogP contribution in [-0.2, 0) is 0 Å². The highest BCUT2D eigenvalue weighted by Gasteiger charge is 2.31. The highest BCUT2D eigenvalue weighted by Crippen LogP contribution is 2.25. The lowest BCUT2D eigenvalue weighted by atomic mass is 10.5. The molecule has 0 radical (unpaired) electrons. The molecule has 0 aromatic heterocycles.